The molecule has 0 saturated carbocycles. The summed E-state index contributed by atoms with van der Waals surface area (Å²) in [5, 5.41) is 3.26. The fourth-order valence-corrected chi connectivity index (χ4v) is 5.63. The van der Waals surface area contributed by atoms with Gasteiger partial charge in [0.25, 0.3) is 5.91 Å². The number of ether oxygens (including phenoxy) is 2. The second kappa shape index (κ2) is 9.81. The summed E-state index contributed by atoms with van der Waals surface area (Å²) in [6.07, 6.45) is 2.79. The van der Waals surface area contributed by atoms with Crippen LogP contribution in [0.3, 0.4) is 0 Å². The van der Waals surface area contributed by atoms with Crippen LogP contribution in [0.4, 0.5) is 5.00 Å². The van der Waals surface area contributed by atoms with E-state index in [4.69, 9.17) is 13.9 Å². The SMILES string of the molecule is CCOC(=O)c1c(NC(=O)C(C)OC(=O)c2ccc3ncoc3c2)sc2c1CCC(C(C)(C)C)C2. The van der Waals surface area contributed by atoms with E-state index in [0.29, 0.717) is 27.6 Å². The number of fused-ring (bicyclic) bond motifs is 2. The summed E-state index contributed by atoms with van der Waals surface area (Å²) in [4.78, 5) is 43.5. The molecule has 1 aliphatic rings. The number of thiophene rings is 1. The molecule has 8 nitrogen and oxygen atoms in total. The van der Waals surface area contributed by atoms with E-state index in [1.54, 1.807) is 19.1 Å². The number of aromatic nitrogens is 1. The summed E-state index contributed by atoms with van der Waals surface area (Å²) >= 11 is 1.41. The second-order valence-corrected chi connectivity index (χ2v) is 10.9. The Hall–Kier alpha value is -3.20. The Morgan fingerprint density at radius 3 is 2.74 bits per heavy atom. The zero-order valence-corrected chi connectivity index (χ0v) is 21.4. The molecule has 0 spiro atoms. The van der Waals surface area contributed by atoms with E-state index in [0.717, 1.165) is 29.7 Å². The van der Waals surface area contributed by atoms with Crippen molar-refractivity contribution < 1.29 is 28.3 Å². The largest absolute Gasteiger partial charge is 0.462 e. The summed E-state index contributed by atoms with van der Waals surface area (Å²) < 4.78 is 15.9. The average molecular weight is 499 g/mol. The molecule has 0 aliphatic heterocycles. The minimum Gasteiger partial charge on any atom is -0.462 e. The number of hydrogen-bond acceptors (Lipinski definition) is 8. The van der Waals surface area contributed by atoms with Gasteiger partial charge in [-0.05, 0) is 68.2 Å². The Bertz CT molecular complexity index is 1270. The lowest BCUT2D eigenvalue weighted by atomic mass is 9.72. The van der Waals surface area contributed by atoms with Gasteiger partial charge in [0.05, 0.1) is 17.7 Å². The number of esters is 2. The van der Waals surface area contributed by atoms with Crippen molar-refractivity contribution in [1.29, 1.82) is 0 Å². The number of hydrogen-bond donors (Lipinski definition) is 1. The molecule has 35 heavy (non-hydrogen) atoms. The van der Waals surface area contributed by atoms with Gasteiger partial charge in [-0.25, -0.2) is 14.6 Å². The van der Waals surface area contributed by atoms with Gasteiger partial charge >= 0.3 is 11.9 Å². The molecule has 4 rings (SSSR count). The molecule has 2 heterocycles. The number of carbonyl (C=O) groups is 3. The number of benzene rings is 1. The van der Waals surface area contributed by atoms with Crippen LogP contribution in [0, 0.1) is 11.3 Å². The molecule has 186 valence electrons. The van der Waals surface area contributed by atoms with E-state index in [-0.39, 0.29) is 17.6 Å². The normalized spacial score (nSPS) is 16.4. The van der Waals surface area contributed by atoms with Crippen LogP contribution in [0.5, 0.6) is 0 Å². The molecule has 2 atom stereocenters. The maximum Gasteiger partial charge on any atom is 0.341 e. The summed E-state index contributed by atoms with van der Waals surface area (Å²) in [6, 6.07) is 4.73. The zero-order valence-electron chi connectivity index (χ0n) is 20.6. The molecule has 0 bridgehead atoms. The van der Waals surface area contributed by atoms with E-state index < -0.39 is 23.9 Å². The number of amides is 1. The fraction of sp³-hybridized carbons (Fsp3) is 0.462. The lowest BCUT2D eigenvalue weighted by molar-refractivity contribution is -0.123. The Labute approximate surface area is 208 Å². The molecule has 9 heteroatoms. The number of anilines is 1. The first-order valence-corrected chi connectivity index (χ1v) is 12.6. The number of nitrogens with one attached hydrogen (secondary N) is 1. The van der Waals surface area contributed by atoms with Crippen LogP contribution in [0.25, 0.3) is 11.1 Å². The highest BCUT2D eigenvalue weighted by atomic mass is 32.1. The predicted molar refractivity (Wildman–Crippen MR) is 133 cm³/mol. The number of nitrogens with zero attached hydrogens (tertiary/aromatic N) is 1. The Morgan fingerprint density at radius 2 is 2.03 bits per heavy atom. The van der Waals surface area contributed by atoms with Crippen LogP contribution in [0.2, 0.25) is 0 Å². The standard InChI is InChI=1S/C26H30N2O6S/c1-6-32-25(31)21-17-9-8-16(26(3,4)5)12-20(17)35-23(21)28-22(29)14(2)34-24(30)15-7-10-18-19(11-15)33-13-27-18/h7,10-11,13-14,16H,6,8-9,12H2,1-5H3,(H,28,29). The molecule has 1 aliphatic carbocycles. The van der Waals surface area contributed by atoms with Crippen molar-refractivity contribution in [1.82, 2.24) is 4.98 Å². The van der Waals surface area contributed by atoms with Crippen molar-refractivity contribution in [3.8, 4) is 0 Å². The van der Waals surface area contributed by atoms with E-state index in [9.17, 15) is 14.4 Å². The zero-order chi connectivity index (χ0) is 25.3. The highest BCUT2D eigenvalue weighted by molar-refractivity contribution is 7.17. The molecule has 3 aromatic rings. The van der Waals surface area contributed by atoms with E-state index in [1.807, 2.05) is 0 Å². The number of carbonyl (C=O) groups excluding carboxylic acids is 3. The first kappa shape index (κ1) is 24.9. The third-order valence-electron chi connectivity index (χ3n) is 6.43. The lowest BCUT2D eigenvalue weighted by Gasteiger charge is -2.33. The topological polar surface area (TPSA) is 108 Å². The highest BCUT2D eigenvalue weighted by Gasteiger charge is 2.35. The van der Waals surface area contributed by atoms with Crippen LogP contribution in [0.1, 0.15) is 72.2 Å². The molecule has 2 unspecified atom stereocenters. The van der Waals surface area contributed by atoms with Gasteiger partial charge in [0.2, 0.25) is 0 Å². The fourth-order valence-electron chi connectivity index (χ4n) is 4.31. The summed E-state index contributed by atoms with van der Waals surface area (Å²) in [6.45, 7) is 10.2. The third kappa shape index (κ3) is 5.24. The minimum atomic E-state index is -1.08. The average Bonchev–Trinajstić information content (AvgIpc) is 3.41. The summed E-state index contributed by atoms with van der Waals surface area (Å²) in [5.41, 5.74) is 2.84. The number of rotatable bonds is 6. The van der Waals surface area contributed by atoms with Crippen LogP contribution in [-0.4, -0.2) is 35.5 Å². The first-order valence-electron chi connectivity index (χ1n) is 11.7. The Kier molecular flexibility index (Phi) is 6.98. The van der Waals surface area contributed by atoms with Crippen LogP contribution in [-0.2, 0) is 27.1 Å². The van der Waals surface area contributed by atoms with Gasteiger partial charge in [0.1, 0.15) is 10.5 Å². The molecule has 0 saturated heterocycles. The van der Waals surface area contributed by atoms with Crippen molar-refractivity contribution in [2.24, 2.45) is 11.3 Å². The van der Waals surface area contributed by atoms with Crippen LogP contribution >= 0.6 is 11.3 Å². The molecule has 2 aromatic heterocycles. The summed E-state index contributed by atoms with van der Waals surface area (Å²) in [5.74, 6) is -1.14. The molecule has 0 radical (unpaired) electrons. The third-order valence-corrected chi connectivity index (χ3v) is 7.60. The van der Waals surface area contributed by atoms with Crippen molar-refractivity contribution in [2.75, 3.05) is 11.9 Å². The van der Waals surface area contributed by atoms with Crippen molar-refractivity contribution in [3.63, 3.8) is 0 Å². The predicted octanol–water partition coefficient (Wildman–Crippen LogP) is 5.40. The molecule has 1 N–H and O–H groups in total. The molecule has 0 fully saturated rings. The minimum absolute atomic E-state index is 0.145. The summed E-state index contributed by atoms with van der Waals surface area (Å²) in [7, 11) is 0. The van der Waals surface area contributed by atoms with Crippen molar-refractivity contribution in [3.05, 3.63) is 46.2 Å². The number of oxazole rings is 1. The van der Waals surface area contributed by atoms with Crippen molar-refractivity contribution >= 4 is 45.3 Å². The van der Waals surface area contributed by atoms with Gasteiger partial charge in [0, 0.05) is 4.88 Å². The lowest BCUT2D eigenvalue weighted by Crippen LogP contribution is -2.30. The molecule has 1 amide bonds. The Morgan fingerprint density at radius 1 is 1.26 bits per heavy atom. The van der Waals surface area contributed by atoms with Crippen molar-refractivity contribution in [2.45, 2.75) is 60.0 Å². The van der Waals surface area contributed by atoms with Gasteiger partial charge in [0.15, 0.2) is 18.1 Å². The molecule has 1 aromatic carbocycles. The quantitative estimate of drug-likeness (QED) is 0.453. The maximum absolute atomic E-state index is 13.0. The maximum atomic E-state index is 13.0. The van der Waals surface area contributed by atoms with Gasteiger partial charge in [-0.1, -0.05) is 20.8 Å². The van der Waals surface area contributed by atoms with Crippen LogP contribution in [0.15, 0.2) is 29.0 Å². The first-order chi connectivity index (χ1) is 16.6. The molecular formula is C26H30N2O6S. The smallest absolute Gasteiger partial charge is 0.341 e. The van der Waals surface area contributed by atoms with Gasteiger partial charge < -0.3 is 19.2 Å². The van der Waals surface area contributed by atoms with Gasteiger partial charge in [-0.15, -0.1) is 11.3 Å². The van der Waals surface area contributed by atoms with E-state index in [2.05, 4.69) is 31.1 Å². The van der Waals surface area contributed by atoms with Gasteiger partial charge in [-0.3, -0.25) is 4.79 Å². The monoisotopic (exact) mass is 498 g/mol. The van der Waals surface area contributed by atoms with E-state index >= 15 is 0 Å². The molecular weight excluding hydrogens is 468 g/mol. The van der Waals surface area contributed by atoms with E-state index in [1.165, 1.54) is 30.7 Å². The highest BCUT2D eigenvalue weighted by Crippen LogP contribution is 2.44. The second-order valence-electron chi connectivity index (χ2n) is 9.81. The van der Waals surface area contributed by atoms with Crippen LogP contribution < -0.4 is 5.32 Å². The Balaban J connectivity index is 1.52. The van der Waals surface area contributed by atoms with Gasteiger partial charge in [-0.2, -0.15) is 0 Å².